The van der Waals surface area contributed by atoms with Crippen molar-refractivity contribution in [3.8, 4) is 0 Å². The molecule has 3 heteroatoms. The fraction of sp³-hybridized carbons (Fsp3) is 0.692. The molecule has 0 radical (unpaired) electrons. The summed E-state index contributed by atoms with van der Waals surface area (Å²) in [6, 6.07) is 0.496. The predicted molar refractivity (Wildman–Crippen MR) is 67.4 cm³/mol. The molecule has 1 heterocycles. The van der Waals surface area contributed by atoms with E-state index in [9.17, 15) is 0 Å². The molecule has 0 fully saturated rings. The monoisotopic (exact) mass is 221 g/mol. The van der Waals surface area contributed by atoms with Gasteiger partial charge >= 0.3 is 0 Å². The molecule has 0 spiro atoms. The molecular weight excluding hydrogens is 198 g/mol. The second-order valence-corrected chi connectivity index (χ2v) is 4.60. The van der Waals surface area contributed by atoms with Gasteiger partial charge < -0.3 is 5.32 Å². The molecule has 1 aromatic heterocycles. The van der Waals surface area contributed by atoms with Crippen LogP contribution < -0.4 is 5.32 Å². The van der Waals surface area contributed by atoms with Gasteiger partial charge in [0.25, 0.3) is 0 Å². The first-order valence-corrected chi connectivity index (χ1v) is 6.15. The van der Waals surface area contributed by atoms with Crippen LogP contribution in [0.3, 0.4) is 0 Å². The van der Waals surface area contributed by atoms with Crippen LogP contribution in [-0.2, 0) is 6.42 Å². The van der Waals surface area contributed by atoms with Crippen molar-refractivity contribution in [3.05, 3.63) is 23.8 Å². The van der Waals surface area contributed by atoms with E-state index in [-0.39, 0.29) is 0 Å². The van der Waals surface area contributed by atoms with E-state index in [1.807, 2.05) is 6.92 Å². The molecule has 0 aliphatic rings. The zero-order valence-corrected chi connectivity index (χ0v) is 10.8. The first kappa shape index (κ1) is 13.1. The van der Waals surface area contributed by atoms with Crippen molar-refractivity contribution >= 4 is 0 Å². The Morgan fingerprint density at radius 3 is 2.50 bits per heavy atom. The van der Waals surface area contributed by atoms with Gasteiger partial charge in [0, 0.05) is 24.9 Å². The predicted octanol–water partition coefficient (Wildman–Crippen LogP) is 2.35. The van der Waals surface area contributed by atoms with Gasteiger partial charge in [0.05, 0.1) is 11.4 Å². The lowest BCUT2D eigenvalue weighted by Crippen LogP contribution is -2.36. The minimum absolute atomic E-state index is 0.496. The molecule has 0 bridgehead atoms. The Bertz CT molecular complexity index is 310. The molecule has 1 unspecified atom stereocenters. The molecule has 1 aromatic rings. The highest BCUT2D eigenvalue weighted by atomic mass is 14.9. The third-order valence-electron chi connectivity index (χ3n) is 2.86. The van der Waals surface area contributed by atoms with E-state index in [0.29, 0.717) is 12.0 Å². The van der Waals surface area contributed by atoms with E-state index in [1.54, 1.807) is 12.4 Å². The molecule has 0 saturated carbocycles. The lowest BCUT2D eigenvalue weighted by atomic mass is 9.98. The summed E-state index contributed by atoms with van der Waals surface area (Å²) in [5, 5.41) is 3.58. The lowest BCUT2D eigenvalue weighted by molar-refractivity contribution is 0.393. The van der Waals surface area contributed by atoms with Crippen molar-refractivity contribution < 1.29 is 0 Å². The largest absolute Gasteiger partial charge is 0.313 e. The Labute approximate surface area is 98.7 Å². The van der Waals surface area contributed by atoms with Gasteiger partial charge in [-0.05, 0) is 25.8 Å². The van der Waals surface area contributed by atoms with Gasteiger partial charge in [0.1, 0.15) is 0 Å². The number of hydrogen-bond acceptors (Lipinski definition) is 3. The minimum atomic E-state index is 0.496. The van der Waals surface area contributed by atoms with E-state index in [4.69, 9.17) is 0 Å². The van der Waals surface area contributed by atoms with Crippen molar-refractivity contribution in [1.82, 2.24) is 15.3 Å². The van der Waals surface area contributed by atoms with E-state index >= 15 is 0 Å². The van der Waals surface area contributed by atoms with Crippen molar-refractivity contribution in [1.29, 1.82) is 0 Å². The second-order valence-electron chi connectivity index (χ2n) is 4.60. The number of nitrogens with zero attached hydrogens (tertiary/aromatic N) is 2. The summed E-state index contributed by atoms with van der Waals surface area (Å²) in [5.74, 6) is 0.618. The maximum atomic E-state index is 4.41. The van der Waals surface area contributed by atoms with Crippen molar-refractivity contribution in [3.63, 3.8) is 0 Å². The highest BCUT2D eigenvalue weighted by molar-refractivity contribution is 5.10. The SMILES string of the molecule is CCCNC(Cc1nccnc1C)C(C)C. The molecule has 16 heavy (non-hydrogen) atoms. The normalized spacial score (nSPS) is 13.1. The van der Waals surface area contributed by atoms with E-state index in [0.717, 1.165) is 24.4 Å². The quantitative estimate of drug-likeness (QED) is 0.801. The van der Waals surface area contributed by atoms with Crippen molar-refractivity contribution in [2.45, 2.75) is 46.6 Å². The Balaban J connectivity index is 2.64. The molecule has 1 atom stereocenters. The summed E-state index contributed by atoms with van der Waals surface area (Å²) in [4.78, 5) is 8.69. The Kier molecular flexibility index (Phi) is 5.39. The zero-order valence-electron chi connectivity index (χ0n) is 10.8. The van der Waals surface area contributed by atoms with Gasteiger partial charge in [-0.15, -0.1) is 0 Å². The second kappa shape index (κ2) is 6.59. The van der Waals surface area contributed by atoms with Gasteiger partial charge in [-0.1, -0.05) is 20.8 Å². The molecule has 3 nitrogen and oxygen atoms in total. The van der Waals surface area contributed by atoms with Gasteiger partial charge in [-0.2, -0.15) is 0 Å². The summed E-state index contributed by atoms with van der Waals surface area (Å²) in [7, 11) is 0. The Morgan fingerprint density at radius 2 is 1.94 bits per heavy atom. The highest BCUT2D eigenvalue weighted by Gasteiger charge is 2.15. The first-order chi connectivity index (χ1) is 7.65. The first-order valence-electron chi connectivity index (χ1n) is 6.15. The van der Waals surface area contributed by atoms with Crippen LogP contribution in [0.25, 0.3) is 0 Å². The number of rotatable bonds is 6. The van der Waals surface area contributed by atoms with Gasteiger partial charge in [0.2, 0.25) is 0 Å². The Morgan fingerprint density at radius 1 is 1.25 bits per heavy atom. The lowest BCUT2D eigenvalue weighted by Gasteiger charge is -2.22. The van der Waals surface area contributed by atoms with Gasteiger partial charge in [-0.3, -0.25) is 9.97 Å². The maximum Gasteiger partial charge on any atom is 0.0631 e. The Hall–Kier alpha value is -0.960. The van der Waals surface area contributed by atoms with Crippen LogP contribution in [-0.4, -0.2) is 22.6 Å². The molecule has 1 rings (SSSR count). The van der Waals surface area contributed by atoms with Crippen LogP contribution in [0.15, 0.2) is 12.4 Å². The van der Waals surface area contributed by atoms with Crippen LogP contribution in [0.1, 0.15) is 38.6 Å². The molecule has 0 aliphatic carbocycles. The summed E-state index contributed by atoms with van der Waals surface area (Å²) in [5.41, 5.74) is 2.16. The fourth-order valence-electron chi connectivity index (χ4n) is 1.72. The van der Waals surface area contributed by atoms with E-state index in [2.05, 4.69) is 36.1 Å². The minimum Gasteiger partial charge on any atom is -0.313 e. The van der Waals surface area contributed by atoms with Crippen LogP contribution in [0.2, 0.25) is 0 Å². The number of hydrogen-bond donors (Lipinski definition) is 1. The summed E-state index contributed by atoms with van der Waals surface area (Å²) >= 11 is 0. The topological polar surface area (TPSA) is 37.8 Å². The number of aryl methyl sites for hydroxylation is 1. The highest BCUT2D eigenvalue weighted by Crippen LogP contribution is 2.10. The summed E-state index contributed by atoms with van der Waals surface area (Å²) < 4.78 is 0. The molecule has 0 amide bonds. The smallest absolute Gasteiger partial charge is 0.0631 e. The maximum absolute atomic E-state index is 4.41. The number of nitrogens with one attached hydrogen (secondary N) is 1. The average molecular weight is 221 g/mol. The number of aromatic nitrogens is 2. The molecule has 0 saturated heterocycles. The van der Waals surface area contributed by atoms with E-state index in [1.165, 1.54) is 6.42 Å². The zero-order chi connectivity index (χ0) is 12.0. The van der Waals surface area contributed by atoms with Crippen LogP contribution >= 0.6 is 0 Å². The molecular formula is C13H23N3. The summed E-state index contributed by atoms with van der Waals surface area (Å²) in [6.07, 6.45) is 5.67. The molecule has 0 aromatic carbocycles. The summed E-state index contributed by atoms with van der Waals surface area (Å²) in [6.45, 7) is 9.79. The molecule has 1 N–H and O–H groups in total. The molecule has 0 aliphatic heterocycles. The van der Waals surface area contributed by atoms with Crippen molar-refractivity contribution in [2.75, 3.05) is 6.54 Å². The standard InChI is InChI=1S/C13H23N3/c1-5-6-15-12(10(2)3)9-13-11(4)14-7-8-16-13/h7-8,10,12,15H,5-6,9H2,1-4H3. The van der Waals surface area contributed by atoms with E-state index < -0.39 is 0 Å². The van der Waals surface area contributed by atoms with Crippen LogP contribution in [0.4, 0.5) is 0 Å². The van der Waals surface area contributed by atoms with Gasteiger partial charge in [0.15, 0.2) is 0 Å². The fourth-order valence-corrected chi connectivity index (χ4v) is 1.72. The third kappa shape index (κ3) is 3.89. The van der Waals surface area contributed by atoms with Crippen molar-refractivity contribution in [2.24, 2.45) is 5.92 Å². The van der Waals surface area contributed by atoms with Gasteiger partial charge in [-0.25, -0.2) is 0 Å². The third-order valence-corrected chi connectivity index (χ3v) is 2.86. The average Bonchev–Trinajstić information content (AvgIpc) is 2.26. The molecule has 90 valence electrons. The van der Waals surface area contributed by atoms with Crippen LogP contribution in [0, 0.1) is 12.8 Å². The van der Waals surface area contributed by atoms with Crippen LogP contribution in [0.5, 0.6) is 0 Å².